The van der Waals surface area contributed by atoms with Crippen LogP contribution < -0.4 is 15.0 Å². The molecule has 0 radical (unpaired) electrons. The number of rotatable bonds is 7. The normalized spacial score (nSPS) is 14.3. The lowest BCUT2D eigenvalue weighted by Crippen LogP contribution is -2.48. The molecule has 4 rings (SSSR count). The number of nitrogens with one attached hydrogen (secondary N) is 1. The number of carbonyl (C=O) groups excluding carboxylic acids is 1. The van der Waals surface area contributed by atoms with Crippen LogP contribution in [0.3, 0.4) is 0 Å². The minimum atomic E-state index is -3.72. The third kappa shape index (κ3) is 5.27. The predicted octanol–water partition coefficient (Wildman–Crippen LogP) is 4.02. The summed E-state index contributed by atoms with van der Waals surface area (Å²) in [6.45, 7) is 1.67. The van der Waals surface area contributed by atoms with Gasteiger partial charge >= 0.3 is 0 Å². The highest BCUT2D eigenvalue weighted by Gasteiger charge is 2.29. The Kier molecular flexibility index (Phi) is 7.43. The molecule has 1 amide bonds. The van der Waals surface area contributed by atoms with Crippen LogP contribution in [-0.2, 0) is 10.0 Å². The summed E-state index contributed by atoms with van der Waals surface area (Å²) in [5, 5.41) is 13.4. The van der Waals surface area contributed by atoms with Gasteiger partial charge in [0.15, 0.2) is 0 Å². The van der Waals surface area contributed by atoms with E-state index in [2.05, 4.69) is 10.2 Å². The van der Waals surface area contributed by atoms with Gasteiger partial charge in [-0.25, -0.2) is 8.42 Å². The lowest BCUT2D eigenvalue weighted by atomic mass is 10.2. The average Bonchev–Trinajstić information content (AvgIpc) is 2.88. The molecule has 188 valence electrons. The van der Waals surface area contributed by atoms with Crippen molar-refractivity contribution in [2.75, 3.05) is 43.5 Å². The highest BCUT2D eigenvalue weighted by molar-refractivity contribution is 7.89. The number of sulfonamides is 1. The molecule has 0 aliphatic carbocycles. The molecule has 12 heteroatoms. The molecule has 1 N–H and O–H groups in total. The molecule has 0 bridgehead atoms. The topological polar surface area (TPSA) is 122 Å². The Morgan fingerprint density at radius 2 is 1.69 bits per heavy atom. The number of hydrogen-bond donors (Lipinski definition) is 1. The standard InChI is InChI=1S/C24H23ClN4O6S/c1-35-23-5-3-2-4-22(23)27-12-14-28(15-13-27)36(33,34)19-9-6-17(7-10-19)26-24(30)20-11-8-18(29(31)32)16-21(20)25/h2-11,16H,12-15H2,1H3,(H,26,30). The zero-order chi connectivity index (χ0) is 25.9. The van der Waals surface area contributed by atoms with Gasteiger partial charge in [0, 0.05) is 44.0 Å². The molecule has 10 nitrogen and oxygen atoms in total. The first-order valence-electron chi connectivity index (χ1n) is 10.9. The maximum absolute atomic E-state index is 13.2. The summed E-state index contributed by atoms with van der Waals surface area (Å²) in [6, 6.07) is 17.0. The van der Waals surface area contributed by atoms with E-state index in [0.717, 1.165) is 17.5 Å². The van der Waals surface area contributed by atoms with Gasteiger partial charge in [0.05, 0.1) is 33.2 Å². The Morgan fingerprint density at radius 1 is 1.03 bits per heavy atom. The SMILES string of the molecule is COc1ccccc1N1CCN(S(=O)(=O)c2ccc(NC(=O)c3ccc([N+](=O)[O-])cc3Cl)cc2)CC1. The van der Waals surface area contributed by atoms with Crippen molar-refractivity contribution in [2.24, 2.45) is 0 Å². The number of piperazine rings is 1. The number of nitro groups is 1. The van der Waals surface area contributed by atoms with Crippen molar-refractivity contribution >= 4 is 44.6 Å². The van der Waals surface area contributed by atoms with E-state index in [9.17, 15) is 23.3 Å². The second-order valence-corrected chi connectivity index (χ2v) is 10.3. The summed E-state index contributed by atoms with van der Waals surface area (Å²) in [7, 11) is -2.12. The summed E-state index contributed by atoms with van der Waals surface area (Å²) in [6.07, 6.45) is 0. The molecule has 1 saturated heterocycles. The van der Waals surface area contributed by atoms with E-state index in [1.54, 1.807) is 7.11 Å². The van der Waals surface area contributed by atoms with Gasteiger partial charge in [0.1, 0.15) is 5.75 Å². The number of hydrogen-bond acceptors (Lipinski definition) is 7. The summed E-state index contributed by atoms with van der Waals surface area (Å²) in [4.78, 5) is 25.0. The minimum Gasteiger partial charge on any atom is -0.495 e. The van der Waals surface area contributed by atoms with Crippen LogP contribution in [0.5, 0.6) is 5.75 Å². The van der Waals surface area contributed by atoms with Crippen LogP contribution in [0.1, 0.15) is 10.4 Å². The van der Waals surface area contributed by atoms with Crippen LogP contribution in [0.15, 0.2) is 71.6 Å². The fraction of sp³-hybridized carbons (Fsp3) is 0.208. The zero-order valence-corrected chi connectivity index (χ0v) is 20.8. The Hall–Kier alpha value is -3.67. The highest BCUT2D eigenvalue weighted by Crippen LogP contribution is 2.30. The van der Waals surface area contributed by atoms with Gasteiger partial charge in [-0.3, -0.25) is 14.9 Å². The minimum absolute atomic E-state index is 0.0619. The molecule has 3 aromatic rings. The van der Waals surface area contributed by atoms with Crippen molar-refractivity contribution in [3.63, 3.8) is 0 Å². The summed E-state index contributed by atoms with van der Waals surface area (Å²) in [5.41, 5.74) is 1.11. The number of halogens is 1. The maximum Gasteiger partial charge on any atom is 0.270 e. The largest absolute Gasteiger partial charge is 0.495 e. The smallest absolute Gasteiger partial charge is 0.270 e. The van der Waals surface area contributed by atoms with E-state index in [-0.39, 0.29) is 21.2 Å². The second-order valence-electron chi connectivity index (χ2n) is 7.96. The molecule has 0 unspecified atom stereocenters. The van der Waals surface area contributed by atoms with Crippen LogP contribution in [0, 0.1) is 10.1 Å². The van der Waals surface area contributed by atoms with Crippen molar-refractivity contribution in [3.05, 3.63) is 87.4 Å². The Labute approximate surface area is 213 Å². The predicted molar refractivity (Wildman–Crippen MR) is 136 cm³/mol. The Balaban J connectivity index is 1.41. The number of amides is 1. The van der Waals surface area contributed by atoms with E-state index < -0.39 is 20.9 Å². The highest BCUT2D eigenvalue weighted by atomic mass is 35.5. The van der Waals surface area contributed by atoms with Crippen molar-refractivity contribution in [1.29, 1.82) is 0 Å². The average molecular weight is 531 g/mol. The lowest BCUT2D eigenvalue weighted by molar-refractivity contribution is -0.384. The van der Waals surface area contributed by atoms with Gasteiger partial charge in [-0.05, 0) is 42.5 Å². The first-order valence-corrected chi connectivity index (χ1v) is 12.8. The van der Waals surface area contributed by atoms with Gasteiger partial charge in [-0.15, -0.1) is 0 Å². The molecule has 0 aromatic heterocycles. The first kappa shape index (κ1) is 25.4. The van der Waals surface area contributed by atoms with Crippen LogP contribution >= 0.6 is 11.6 Å². The number of anilines is 2. The van der Waals surface area contributed by atoms with Gasteiger partial charge in [0.2, 0.25) is 10.0 Å². The summed E-state index contributed by atoms with van der Waals surface area (Å²) >= 11 is 6.01. The molecule has 0 saturated carbocycles. The van der Waals surface area contributed by atoms with Crippen molar-refractivity contribution in [3.8, 4) is 5.75 Å². The summed E-state index contributed by atoms with van der Waals surface area (Å²) < 4.78 is 33.2. The number of nitro benzene ring substituents is 1. The Bertz CT molecular complexity index is 1390. The van der Waals surface area contributed by atoms with Gasteiger partial charge in [-0.2, -0.15) is 4.31 Å². The molecule has 0 spiro atoms. The van der Waals surface area contributed by atoms with Crippen molar-refractivity contribution in [2.45, 2.75) is 4.90 Å². The number of carbonyl (C=O) groups is 1. The molecule has 1 heterocycles. The molecule has 0 atom stereocenters. The fourth-order valence-corrected chi connectivity index (χ4v) is 5.60. The summed E-state index contributed by atoms with van der Waals surface area (Å²) in [5.74, 6) is 0.166. The molecular formula is C24H23ClN4O6S. The molecular weight excluding hydrogens is 508 g/mol. The number of para-hydroxylation sites is 2. The van der Waals surface area contributed by atoms with Crippen LogP contribution in [0.25, 0.3) is 0 Å². The quantitative estimate of drug-likeness (QED) is 0.361. The number of non-ortho nitro benzene ring substituents is 1. The van der Waals surface area contributed by atoms with Crippen LogP contribution in [-0.4, -0.2) is 56.8 Å². The van der Waals surface area contributed by atoms with Gasteiger partial charge < -0.3 is 15.0 Å². The molecule has 1 aliphatic heterocycles. The fourth-order valence-electron chi connectivity index (χ4n) is 3.92. The van der Waals surface area contributed by atoms with Crippen molar-refractivity contribution < 1.29 is 22.9 Å². The maximum atomic E-state index is 13.2. The third-order valence-electron chi connectivity index (χ3n) is 5.82. The first-order chi connectivity index (χ1) is 17.2. The van der Waals surface area contributed by atoms with E-state index in [0.29, 0.717) is 31.9 Å². The molecule has 1 fully saturated rings. The van der Waals surface area contributed by atoms with E-state index in [4.69, 9.17) is 16.3 Å². The van der Waals surface area contributed by atoms with Gasteiger partial charge in [0.25, 0.3) is 11.6 Å². The number of ether oxygens (including phenoxy) is 1. The third-order valence-corrected chi connectivity index (χ3v) is 8.05. The van der Waals surface area contributed by atoms with E-state index >= 15 is 0 Å². The Morgan fingerprint density at radius 3 is 2.31 bits per heavy atom. The van der Waals surface area contributed by atoms with Gasteiger partial charge in [-0.1, -0.05) is 23.7 Å². The van der Waals surface area contributed by atoms with E-state index in [1.165, 1.54) is 40.7 Å². The molecule has 36 heavy (non-hydrogen) atoms. The molecule has 1 aliphatic rings. The second kappa shape index (κ2) is 10.5. The number of methoxy groups -OCH3 is 1. The van der Waals surface area contributed by atoms with Crippen LogP contribution in [0.4, 0.5) is 17.1 Å². The molecule has 3 aromatic carbocycles. The van der Waals surface area contributed by atoms with Crippen molar-refractivity contribution in [1.82, 2.24) is 4.31 Å². The zero-order valence-electron chi connectivity index (χ0n) is 19.3. The number of benzene rings is 3. The lowest BCUT2D eigenvalue weighted by Gasteiger charge is -2.35. The van der Waals surface area contributed by atoms with E-state index in [1.807, 2.05) is 24.3 Å². The monoisotopic (exact) mass is 530 g/mol. The van der Waals surface area contributed by atoms with Crippen LogP contribution in [0.2, 0.25) is 5.02 Å². The number of nitrogens with zero attached hydrogens (tertiary/aromatic N) is 3.